The number of hydrogen-bond acceptors (Lipinski definition) is 1. The number of likely N-dealkylation sites (N-methyl/N-ethyl adjacent to an activating group) is 1. The van der Waals surface area contributed by atoms with Crippen molar-refractivity contribution >= 4 is 0 Å². The van der Waals surface area contributed by atoms with E-state index in [4.69, 9.17) is 0 Å². The molecule has 1 aliphatic rings. The lowest BCUT2D eigenvalue weighted by Gasteiger charge is -2.23. The van der Waals surface area contributed by atoms with E-state index in [9.17, 15) is 4.39 Å². The van der Waals surface area contributed by atoms with Gasteiger partial charge in [-0.1, -0.05) is 29.8 Å². The molecule has 1 atom stereocenters. The number of halogens is 1. The Hall–Kier alpha value is -1.15. The van der Waals surface area contributed by atoms with Crippen LogP contribution in [0.25, 0.3) is 0 Å². The lowest BCUT2D eigenvalue weighted by molar-refractivity contribution is 0.547. The number of allylic oxidation sites excluding steroid dienone is 1. The van der Waals surface area contributed by atoms with Crippen molar-refractivity contribution in [1.82, 2.24) is 5.32 Å². The van der Waals surface area contributed by atoms with Crippen molar-refractivity contribution in [3.05, 3.63) is 47.3 Å². The molecule has 1 aliphatic carbocycles. The van der Waals surface area contributed by atoms with Crippen LogP contribution >= 0.6 is 0 Å². The first-order valence-electron chi connectivity index (χ1n) is 6.41. The van der Waals surface area contributed by atoms with Crippen molar-refractivity contribution in [1.29, 1.82) is 0 Å². The summed E-state index contributed by atoms with van der Waals surface area (Å²) >= 11 is 0. The van der Waals surface area contributed by atoms with Gasteiger partial charge in [0.05, 0.1) is 0 Å². The number of benzene rings is 1. The summed E-state index contributed by atoms with van der Waals surface area (Å²) in [5, 5.41) is 3.31. The van der Waals surface area contributed by atoms with Crippen molar-refractivity contribution in [2.24, 2.45) is 0 Å². The molecule has 2 heteroatoms. The third-order valence-corrected chi connectivity index (χ3v) is 3.50. The molecule has 0 heterocycles. The zero-order chi connectivity index (χ0) is 12.1. The Bertz CT molecular complexity index is 398. The third kappa shape index (κ3) is 3.16. The van der Waals surface area contributed by atoms with Crippen LogP contribution in [-0.4, -0.2) is 13.1 Å². The topological polar surface area (TPSA) is 12.0 Å². The number of rotatable bonds is 4. The van der Waals surface area contributed by atoms with Gasteiger partial charge in [0, 0.05) is 6.04 Å². The zero-order valence-corrected chi connectivity index (χ0v) is 10.4. The molecule has 0 bridgehead atoms. The highest BCUT2D eigenvalue weighted by Crippen LogP contribution is 2.22. The van der Waals surface area contributed by atoms with Crippen LogP contribution in [0.4, 0.5) is 4.39 Å². The number of hydrogen-bond donors (Lipinski definition) is 1. The van der Waals surface area contributed by atoms with E-state index in [0.29, 0.717) is 0 Å². The molecule has 1 unspecified atom stereocenters. The normalized spacial score (nSPS) is 17.6. The van der Waals surface area contributed by atoms with Crippen LogP contribution in [0.15, 0.2) is 35.9 Å². The largest absolute Gasteiger partial charge is 0.313 e. The van der Waals surface area contributed by atoms with Crippen LogP contribution in [-0.2, 0) is 6.42 Å². The molecule has 2 rings (SSSR count). The SMILES string of the molecule is CNC(Cc1ccccc1F)C1=CCCCC1. The van der Waals surface area contributed by atoms with Gasteiger partial charge in [0.15, 0.2) is 0 Å². The standard InChI is InChI=1S/C15H20FN/c1-17-15(12-7-3-2-4-8-12)11-13-9-5-6-10-14(13)16/h5-7,9-10,15,17H,2-4,8,11H2,1H3. The highest BCUT2D eigenvalue weighted by molar-refractivity contribution is 5.23. The minimum Gasteiger partial charge on any atom is -0.313 e. The molecule has 0 radical (unpaired) electrons. The summed E-state index contributed by atoms with van der Waals surface area (Å²) in [6.07, 6.45) is 7.95. The van der Waals surface area contributed by atoms with Gasteiger partial charge in [-0.15, -0.1) is 0 Å². The van der Waals surface area contributed by atoms with Crippen LogP contribution in [0.2, 0.25) is 0 Å². The van der Waals surface area contributed by atoms with Gasteiger partial charge in [-0.05, 0) is 50.8 Å². The molecule has 0 aliphatic heterocycles. The predicted molar refractivity (Wildman–Crippen MR) is 69.5 cm³/mol. The first kappa shape index (κ1) is 12.3. The molecule has 0 aromatic heterocycles. The average Bonchev–Trinajstić information content (AvgIpc) is 2.39. The third-order valence-electron chi connectivity index (χ3n) is 3.50. The van der Waals surface area contributed by atoms with Crippen molar-refractivity contribution in [3.63, 3.8) is 0 Å². The molecule has 92 valence electrons. The maximum absolute atomic E-state index is 13.6. The van der Waals surface area contributed by atoms with Crippen LogP contribution in [0.1, 0.15) is 31.2 Å². The van der Waals surface area contributed by atoms with E-state index in [1.54, 1.807) is 6.07 Å². The van der Waals surface area contributed by atoms with Crippen LogP contribution in [0.5, 0.6) is 0 Å². The summed E-state index contributed by atoms with van der Waals surface area (Å²) in [6.45, 7) is 0. The highest BCUT2D eigenvalue weighted by Gasteiger charge is 2.16. The summed E-state index contributed by atoms with van der Waals surface area (Å²) in [4.78, 5) is 0. The predicted octanol–water partition coefficient (Wildman–Crippen LogP) is 3.46. The zero-order valence-electron chi connectivity index (χ0n) is 10.4. The Morgan fingerprint density at radius 2 is 2.12 bits per heavy atom. The van der Waals surface area contributed by atoms with Crippen LogP contribution in [0, 0.1) is 5.82 Å². The molecule has 1 aromatic carbocycles. The highest BCUT2D eigenvalue weighted by atomic mass is 19.1. The van der Waals surface area contributed by atoms with Crippen LogP contribution in [0.3, 0.4) is 0 Å². The Kier molecular flexibility index (Phi) is 4.32. The molecule has 17 heavy (non-hydrogen) atoms. The Balaban J connectivity index is 2.09. The molecule has 1 nitrogen and oxygen atoms in total. The number of nitrogens with one attached hydrogen (secondary N) is 1. The van der Waals surface area contributed by atoms with Gasteiger partial charge >= 0.3 is 0 Å². The molecule has 0 saturated carbocycles. The van der Waals surface area contributed by atoms with Crippen molar-refractivity contribution in [2.75, 3.05) is 7.05 Å². The smallest absolute Gasteiger partial charge is 0.126 e. The average molecular weight is 233 g/mol. The summed E-state index contributed by atoms with van der Waals surface area (Å²) in [5.41, 5.74) is 2.25. The molecule has 0 spiro atoms. The molecule has 0 fully saturated rings. The minimum atomic E-state index is -0.0934. The van der Waals surface area contributed by atoms with Gasteiger partial charge in [0.25, 0.3) is 0 Å². The van der Waals surface area contributed by atoms with Crippen molar-refractivity contribution in [3.8, 4) is 0 Å². The van der Waals surface area contributed by atoms with Gasteiger partial charge in [-0.25, -0.2) is 4.39 Å². The van der Waals surface area contributed by atoms with E-state index in [1.807, 2.05) is 19.2 Å². The molecule has 0 amide bonds. The maximum atomic E-state index is 13.6. The second-order valence-electron chi connectivity index (χ2n) is 4.66. The quantitative estimate of drug-likeness (QED) is 0.785. The molecule has 0 saturated heterocycles. The van der Waals surface area contributed by atoms with Gasteiger partial charge in [-0.2, -0.15) is 0 Å². The summed E-state index contributed by atoms with van der Waals surface area (Å²) < 4.78 is 13.6. The Morgan fingerprint density at radius 3 is 2.76 bits per heavy atom. The van der Waals surface area contributed by atoms with E-state index in [1.165, 1.54) is 30.9 Å². The monoisotopic (exact) mass is 233 g/mol. The lowest BCUT2D eigenvalue weighted by atomic mass is 9.90. The molecular formula is C15H20FN. The van der Waals surface area contributed by atoms with E-state index in [2.05, 4.69) is 11.4 Å². The van der Waals surface area contributed by atoms with Gasteiger partial charge < -0.3 is 5.32 Å². The van der Waals surface area contributed by atoms with Crippen molar-refractivity contribution in [2.45, 2.75) is 38.1 Å². The lowest BCUT2D eigenvalue weighted by Crippen LogP contribution is -2.30. The van der Waals surface area contributed by atoms with Gasteiger partial charge in [0.1, 0.15) is 5.82 Å². The summed E-state index contributed by atoms with van der Waals surface area (Å²) in [7, 11) is 1.96. The molecule has 1 N–H and O–H groups in total. The van der Waals surface area contributed by atoms with E-state index in [-0.39, 0.29) is 11.9 Å². The van der Waals surface area contributed by atoms with Crippen molar-refractivity contribution < 1.29 is 4.39 Å². The fourth-order valence-corrected chi connectivity index (χ4v) is 2.48. The van der Waals surface area contributed by atoms with Crippen LogP contribution < -0.4 is 5.32 Å². The maximum Gasteiger partial charge on any atom is 0.126 e. The second kappa shape index (κ2) is 5.97. The van der Waals surface area contributed by atoms with E-state index in [0.717, 1.165) is 18.4 Å². The summed E-state index contributed by atoms with van der Waals surface area (Å²) in [5.74, 6) is -0.0934. The van der Waals surface area contributed by atoms with Gasteiger partial charge in [-0.3, -0.25) is 0 Å². The van der Waals surface area contributed by atoms with E-state index < -0.39 is 0 Å². The first-order chi connectivity index (χ1) is 8.31. The summed E-state index contributed by atoms with van der Waals surface area (Å²) in [6, 6.07) is 7.35. The second-order valence-corrected chi connectivity index (χ2v) is 4.66. The fraction of sp³-hybridized carbons (Fsp3) is 0.467. The van der Waals surface area contributed by atoms with E-state index >= 15 is 0 Å². The Morgan fingerprint density at radius 1 is 1.29 bits per heavy atom. The Labute approximate surface area is 103 Å². The first-order valence-corrected chi connectivity index (χ1v) is 6.41. The van der Waals surface area contributed by atoms with Gasteiger partial charge in [0.2, 0.25) is 0 Å². The fourth-order valence-electron chi connectivity index (χ4n) is 2.48. The molecule has 1 aromatic rings. The molecular weight excluding hydrogens is 213 g/mol. The minimum absolute atomic E-state index is 0.0934.